The highest BCUT2D eigenvalue weighted by Gasteiger charge is 2.07. The number of nitrogen functional groups attached to an aromatic ring is 1. The van der Waals surface area contributed by atoms with Crippen molar-refractivity contribution in [1.29, 1.82) is 5.26 Å². The molecule has 1 heterocycles. The molecule has 4 nitrogen and oxygen atoms in total. The molecule has 2 N–H and O–H groups in total. The van der Waals surface area contributed by atoms with E-state index in [1.807, 2.05) is 6.07 Å². The molecule has 0 aliphatic heterocycles. The van der Waals surface area contributed by atoms with E-state index in [9.17, 15) is 4.39 Å². The number of halogens is 1. The highest BCUT2D eigenvalue weighted by atomic mass is 32.2. The van der Waals surface area contributed by atoms with E-state index in [4.69, 9.17) is 11.0 Å². The monoisotopic (exact) mass is 260 g/mol. The molecule has 0 radical (unpaired) electrons. The number of aromatic nitrogens is 2. The zero-order valence-electron chi connectivity index (χ0n) is 9.30. The van der Waals surface area contributed by atoms with Crippen molar-refractivity contribution >= 4 is 17.6 Å². The van der Waals surface area contributed by atoms with Crippen LogP contribution in [-0.2, 0) is 5.75 Å². The number of anilines is 1. The molecule has 0 spiro atoms. The van der Waals surface area contributed by atoms with E-state index in [1.54, 1.807) is 12.1 Å². The SMILES string of the molecule is N#Cc1ccc(CSc2nccnc2N)c(F)c1. The second-order valence-electron chi connectivity index (χ2n) is 3.45. The van der Waals surface area contributed by atoms with Crippen molar-refractivity contribution in [2.45, 2.75) is 10.8 Å². The lowest BCUT2D eigenvalue weighted by molar-refractivity contribution is 0.617. The fourth-order valence-corrected chi connectivity index (χ4v) is 2.19. The van der Waals surface area contributed by atoms with E-state index in [0.717, 1.165) is 0 Å². The standard InChI is InChI=1S/C12H9FN4S/c13-10-5-8(6-14)1-2-9(10)7-18-12-11(15)16-3-4-17-12/h1-5H,7H2,(H2,15,16). The molecular formula is C12H9FN4S. The van der Waals surface area contributed by atoms with Gasteiger partial charge >= 0.3 is 0 Å². The molecule has 0 bridgehead atoms. The van der Waals surface area contributed by atoms with Crippen LogP contribution in [0.2, 0.25) is 0 Å². The summed E-state index contributed by atoms with van der Waals surface area (Å²) < 4.78 is 13.6. The van der Waals surface area contributed by atoms with Crippen LogP contribution in [0.15, 0.2) is 35.6 Å². The lowest BCUT2D eigenvalue weighted by atomic mass is 10.1. The predicted octanol–water partition coefficient (Wildman–Crippen LogP) is 2.36. The Hall–Kier alpha value is -2.13. The number of thioether (sulfide) groups is 1. The van der Waals surface area contributed by atoms with Crippen molar-refractivity contribution in [3.05, 3.63) is 47.5 Å². The van der Waals surface area contributed by atoms with Gasteiger partial charge in [-0.25, -0.2) is 14.4 Å². The molecule has 6 heteroatoms. The van der Waals surface area contributed by atoms with Gasteiger partial charge in [0.05, 0.1) is 11.6 Å². The molecule has 0 amide bonds. The van der Waals surface area contributed by atoms with E-state index in [1.165, 1.54) is 30.2 Å². The minimum absolute atomic E-state index is 0.306. The summed E-state index contributed by atoms with van der Waals surface area (Å²) in [6, 6.07) is 6.28. The molecule has 0 saturated heterocycles. The Morgan fingerprint density at radius 3 is 2.78 bits per heavy atom. The first kappa shape index (κ1) is 12.3. The lowest BCUT2D eigenvalue weighted by Gasteiger charge is -2.04. The summed E-state index contributed by atoms with van der Waals surface area (Å²) in [5.41, 5.74) is 6.45. The van der Waals surface area contributed by atoms with Crippen molar-refractivity contribution in [1.82, 2.24) is 9.97 Å². The molecule has 90 valence electrons. The molecule has 0 aliphatic carbocycles. The molecule has 1 aromatic carbocycles. The minimum Gasteiger partial charge on any atom is -0.381 e. The van der Waals surface area contributed by atoms with Gasteiger partial charge in [0.15, 0.2) is 5.82 Å². The van der Waals surface area contributed by atoms with E-state index in [-0.39, 0.29) is 0 Å². The van der Waals surface area contributed by atoms with Gasteiger partial charge in [-0.3, -0.25) is 0 Å². The largest absolute Gasteiger partial charge is 0.381 e. The summed E-state index contributed by atoms with van der Waals surface area (Å²) in [6.45, 7) is 0. The lowest BCUT2D eigenvalue weighted by Crippen LogP contribution is -1.96. The van der Waals surface area contributed by atoms with Crippen LogP contribution in [0.3, 0.4) is 0 Å². The van der Waals surface area contributed by atoms with Gasteiger partial charge in [0.25, 0.3) is 0 Å². The van der Waals surface area contributed by atoms with Gasteiger partial charge < -0.3 is 5.73 Å². The molecule has 1 aromatic heterocycles. The van der Waals surface area contributed by atoms with E-state index >= 15 is 0 Å². The van der Waals surface area contributed by atoms with E-state index in [2.05, 4.69) is 9.97 Å². The first-order chi connectivity index (χ1) is 8.70. The minimum atomic E-state index is -0.399. The third-order valence-electron chi connectivity index (χ3n) is 2.24. The van der Waals surface area contributed by atoms with E-state index < -0.39 is 5.82 Å². The van der Waals surface area contributed by atoms with Gasteiger partial charge in [0.1, 0.15) is 10.8 Å². The summed E-state index contributed by atoms with van der Waals surface area (Å²) >= 11 is 1.31. The van der Waals surface area contributed by atoms with Gasteiger partial charge in [-0.2, -0.15) is 5.26 Å². The Morgan fingerprint density at radius 1 is 1.33 bits per heavy atom. The molecule has 0 unspecified atom stereocenters. The topological polar surface area (TPSA) is 75.6 Å². The van der Waals surface area contributed by atoms with Gasteiger partial charge in [0.2, 0.25) is 0 Å². The molecule has 2 rings (SSSR count). The van der Waals surface area contributed by atoms with Gasteiger partial charge in [0, 0.05) is 18.1 Å². The highest BCUT2D eigenvalue weighted by molar-refractivity contribution is 7.98. The van der Waals surface area contributed by atoms with Crippen LogP contribution in [0.5, 0.6) is 0 Å². The molecule has 0 atom stereocenters. The predicted molar refractivity (Wildman–Crippen MR) is 67.1 cm³/mol. The Kier molecular flexibility index (Phi) is 3.75. The van der Waals surface area contributed by atoms with Gasteiger partial charge in [-0.05, 0) is 17.7 Å². The maximum Gasteiger partial charge on any atom is 0.156 e. The highest BCUT2D eigenvalue weighted by Crippen LogP contribution is 2.25. The smallest absolute Gasteiger partial charge is 0.156 e. The number of benzene rings is 1. The molecular weight excluding hydrogens is 251 g/mol. The second-order valence-corrected chi connectivity index (χ2v) is 4.42. The second kappa shape index (κ2) is 5.47. The van der Waals surface area contributed by atoms with Crippen molar-refractivity contribution in [2.24, 2.45) is 0 Å². The zero-order valence-corrected chi connectivity index (χ0v) is 10.1. The number of nitrogens with two attached hydrogens (primary N) is 1. The number of hydrogen-bond acceptors (Lipinski definition) is 5. The Bertz CT molecular complexity index is 609. The summed E-state index contributed by atoms with van der Waals surface area (Å²) in [5, 5.41) is 9.21. The number of hydrogen-bond donors (Lipinski definition) is 1. The molecule has 0 fully saturated rings. The first-order valence-electron chi connectivity index (χ1n) is 5.08. The van der Waals surface area contributed by atoms with Crippen LogP contribution < -0.4 is 5.73 Å². The maximum atomic E-state index is 13.6. The van der Waals surface area contributed by atoms with Gasteiger partial charge in [-0.15, -0.1) is 0 Å². The van der Waals surface area contributed by atoms with Gasteiger partial charge in [-0.1, -0.05) is 17.8 Å². The van der Waals surface area contributed by atoms with Crippen LogP contribution >= 0.6 is 11.8 Å². The summed E-state index contributed by atoms with van der Waals surface area (Å²) in [4.78, 5) is 7.96. The first-order valence-corrected chi connectivity index (χ1v) is 6.07. The fraction of sp³-hybridized carbons (Fsp3) is 0.0833. The summed E-state index contributed by atoms with van der Waals surface area (Å²) in [5.74, 6) is 0.320. The number of nitriles is 1. The summed E-state index contributed by atoms with van der Waals surface area (Å²) in [7, 11) is 0. The quantitative estimate of drug-likeness (QED) is 0.857. The average molecular weight is 260 g/mol. The van der Waals surface area contributed by atoms with Crippen LogP contribution in [0.4, 0.5) is 10.2 Å². The Labute approximate surface area is 108 Å². The van der Waals surface area contributed by atoms with Crippen molar-refractivity contribution in [3.8, 4) is 6.07 Å². The fourth-order valence-electron chi connectivity index (χ4n) is 1.33. The normalized spacial score (nSPS) is 10.0. The molecule has 2 aromatic rings. The molecule has 0 saturated carbocycles. The summed E-state index contributed by atoms with van der Waals surface area (Å²) in [6.07, 6.45) is 3.04. The van der Waals surface area contributed by atoms with Crippen LogP contribution in [0.25, 0.3) is 0 Å². The molecule has 18 heavy (non-hydrogen) atoms. The number of nitrogens with zero attached hydrogens (tertiary/aromatic N) is 3. The van der Waals surface area contributed by atoms with Crippen molar-refractivity contribution < 1.29 is 4.39 Å². The third kappa shape index (κ3) is 2.76. The van der Waals surface area contributed by atoms with Crippen molar-refractivity contribution in [2.75, 3.05) is 5.73 Å². The molecule has 0 aliphatic rings. The maximum absolute atomic E-state index is 13.6. The van der Waals surface area contributed by atoms with E-state index in [0.29, 0.717) is 27.7 Å². The Morgan fingerprint density at radius 2 is 2.11 bits per heavy atom. The van der Waals surface area contributed by atoms with Crippen molar-refractivity contribution in [3.63, 3.8) is 0 Å². The van der Waals surface area contributed by atoms with Crippen LogP contribution in [0, 0.1) is 17.1 Å². The van der Waals surface area contributed by atoms with Crippen LogP contribution in [-0.4, -0.2) is 9.97 Å². The zero-order chi connectivity index (χ0) is 13.0. The number of rotatable bonds is 3. The Balaban J connectivity index is 2.12. The van der Waals surface area contributed by atoms with Crippen LogP contribution in [0.1, 0.15) is 11.1 Å². The average Bonchev–Trinajstić information content (AvgIpc) is 2.39. The third-order valence-corrected chi connectivity index (χ3v) is 3.28.